The van der Waals surface area contributed by atoms with Crippen LogP contribution in [0, 0.1) is 11.8 Å². The van der Waals surface area contributed by atoms with Crippen LogP contribution in [0.15, 0.2) is 45.9 Å². The number of rotatable bonds is 4. The van der Waals surface area contributed by atoms with Gasteiger partial charge in [0.15, 0.2) is 5.76 Å². The van der Waals surface area contributed by atoms with E-state index in [1.807, 2.05) is 0 Å². The summed E-state index contributed by atoms with van der Waals surface area (Å²) in [7, 11) is -3.81. The van der Waals surface area contributed by atoms with Crippen molar-refractivity contribution in [3.05, 3.63) is 36.5 Å². The van der Waals surface area contributed by atoms with Crippen LogP contribution in [0.2, 0.25) is 0 Å². The van der Waals surface area contributed by atoms with Crippen LogP contribution < -0.4 is 0 Å². The Kier molecular flexibility index (Phi) is 3.95. The summed E-state index contributed by atoms with van der Waals surface area (Å²) in [5.74, 6) is -1.55. The lowest BCUT2D eigenvalue weighted by Gasteiger charge is -2.17. The highest BCUT2D eigenvalue weighted by atomic mass is 32.2. The fraction of sp³-hybridized carbons (Fsp3) is 0.333. The summed E-state index contributed by atoms with van der Waals surface area (Å²) in [6, 6.07) is 8.05. The molecule has 3 rings (SSSR count). The molecule has 1 N–H and O–H groups in total. The van der Waals surface area contributed by atoms with Crippen LogP contribution >= 0.6 is 0 Å². The fourth-order valence-electron chi connectivity index (χ4n) is 2.83. The molecule has 0 spiro atoms. The largest absolute Gasteiger partial charge is 0.481 e. The zero-order valence-electron chi connectivity index (χ0n) is 12.4. The van der Waals surface area contributed by atoms with Crippen LogP contribution in [-0.2, 0) is 14.8 Å². The molecule has 0 aliphatic carbocycles. The van der Waals surface area contributed by atoms with Crippen molar-refractivity contribution < 1.29 is 22.8 Å². The highest BCUT2D eigenvalue weighted by Gasteiger charge is 2.41. The Bertz CT molecular complexity index is 816. The Morgan fingerprint density at radius 2 is 2.04 bits per heavy atom. The van der Waals surface area contributed by atoms with Gasteiger partial charge in [-0.15, -0.1) is 0 Å². The molecule has 7 nitrogen and oxygen atoms in total. The van der Waals surface area contributed by atoms with E-state index in [9.17, 15) is 18.3 Å². The molecule has 0 bridgehead atoms. The first-order valence-corrected chi connectivity index (χ1v) is 8.58. The Morgan fingerprint density at radius 3 is 2.65 bits per heavy atom. The SMILES string of the molecule is C[C@@H]1CN(S(=O)(=O)c2ccccc2-c2ccno2)C[C@H]1C(=O)O. The third-order valence-electron chi connectivity index (χ3n) is 4.10. The number of aliphatic carboxylic acids is 1. The standard InChI is InChI=1S/C15H16N2O5S/c1-10-8-17(9-12(10)15(18)19)23(20,21)14-5-3-2-4-11(14)13-6-7-16-22-13/h2-7,10,12H,8-9H2,1H3,(H,18,19)/t10-,12-/m1/s1. The molecule has 0 unspecified atom stereocenters. The predicted molar refractivity (Wildman–Crippen MR) is 81.0 cm³/mol. The van der Waals surface area contributed by atoms with E-state index in [0.717, 1.165) is 0 Å². The minimum atomic E-state index is -3.81. The molecular formula is C15H16N2O5S. The quantitative estimate of drug-likeness (QED) is 0.911. The summed E-state index contributed by atoms with van der Waals surface area (Å²) >= 11 is 0. The van der Waals surface area contributed by atoms with Gasteiger partial charge in [0.2, 0.25) is 10.0 Å². The van der Waals surface area contributed by atoms with E-state index in [2.05, 4.69) is 5.16 Å². The van der Waals surface area contributed by atoms with Crippen molar-refractivity contribution >= 4 is 16.0 Å². The van der Waals surface area contributed by atoms with Crippen molar-refractivity contribution in [2.24, 2.45) is 11.8 Å². The Balaban J connectivity index is 2.01. The lowest BCUT2D eigenvalue weighted by atomic mass is 9.99. The van der Waals surface area contributed by atoms with Gasteiger partial charge in [-0.2, -0.15) is 4.31 Å². The molecule has 0 amide bonds. The molecule has 1 fully saturated rings. The van der Waals surface area contributed by atoms with Crippen molar-refractivity contribution in [3.8, 4) is 11.3 Å². The summed E-state index contributed by atoms with van der Waals surface area (Å²) in [6.45, 7) is 1.91. The highest BCUT2D eigenvalue weighted by Crippen LogP contribution is 2.33. The van der Waals surface area contributed by atoms with Gasteiger partial charge in [0.05, 0.1) is 17.0 Å². The molecule has 0 saturated carbocycles. The number of benzene rings is 1. The molecule has 2 heterocycles. The molecule has 0 radical (unpaired) electrons. The van der Waals surface area contributed by atoms with Gasteiger partial charge in [0, 0.05) is 24.7 Å². The van der Waals surface area contributed by atoms with E-state index in [0.29, 0.717) is 11.3 Å². The molecule has 1 aromatic heterocycles. The zero-order chi connectivity index (χ0) is 16.6. The monoisotopic (exact) mass is 336 g/mol. The number of carboxylic acids is 1. The zero-order valence-corrected chi connectivity index (χ0v) is 13.2. The maximum atomic E-state index is 12.9. The molecule has 2 atom stereocenters. The van der Waals surface area contributed by atoms with E-state index in [1.165, 1.54) is 16.6 Å². The normalized spacial score (nSPS) is 22.3. The van der Waals surface area contributed by atoms with Crippen molar-refractivity contribution in [2.45, 2.75) is 11.8 Å². The van der Waals surface area contributed by atoms with Gasteiger partial charge in [-0.3, -0.25) is 4.79 Å². The molecule has 1 aromatic carbocycles. The second-order valence-corrected chi connectivity index (χ2v) is 7.52. The molecule has 8 heteroatoms. The summed E-state index contributed by atoms with van der Waals surface area (Å²) in [6.07, 6.45) is 1.44. The first kappa shape index (κ1) is 15.7. The van der Waals surface area contributed by atoms with Crippen molar-refractivity contribution in [1.82, 2.24) is 9.46 Å². The highest BCUT2D eigenvalue weighted by molar-refractivity contribution is 7.89. The average Bonchev–Trinajstić information content (AvgIpc) is 3.16. The van der Waals surface area contributed by atoms with Gasteiger partial charge in [0.25, 0.3) is 0 Å². The van der Waals surface area contributed by atoms with Crippen molar-refractivity contribution in [2.75, 3.05) is 13.1 Å². The third-order valence-corrected chi connectivity index (χ3v) is 5.99. The molecule has 1 aliphatic heterocycles. The summed E-state index contributed by atoms with van der Waals surface area (Å²) in [5, 5.41) is 12.8. The lowest BCUT2D eigenvalue weighted by Crippen LogP contribution is -2.30. The summed E-state index contributed by atoms with van der Waals surface area (Å²) < 4.78 is 32.2. The molecule has 23 heavy (non-hydrogen) atoms. The van der Waals surface area contributed by atoms with Crippen molar-refractivity contribution in [3.63, 3.8) is 0 Å². The maximum Gasteiger partial charge on any atom is 0.308 e. The van der Waals surface area contributed by atoms with Crippen molar-refractivity contribution in [1.29, 1.82) is 0 Å². The van der Waals surface area contributed by atoms with Gasteiger partial charge in [-0.05, 0) is 18.1 Å². The first-order valence-electron chi connectivity index (χ1n) is 7.14. The van der Waals surface area contributed by atoms with Gasteiger partial charge in [0.1, 0.15) is 0 Å². The van der Waals surface area contributed by atoms with Crippen LogP contribution in [0.3, 0.4) is 0 Å². The fourth-order valence-corrected chi connectivity index (χ4v) is 4.59. The minimum Gasteiger partial charge on any atom is -0.481 e. The average molecular weight is 336 g/mol. The van der Waals surface area contributed by atoms with E-state index in [4.69, 9.17) is 4.52 Å². The van der Waals surface area contributed by atoms with Crippen LogP contribution in [-0.4, -0.2) is 42.0 Å². The number of hydrogen-bond acceptors (Lipinski definition) is 5. The van der Waals surface area contributed by atoms with E-state index >= 15 is 0 Å². The molecule has 122 valence electrons. The summed E-state index contributed by atoms with van der Waals surface area (Å²) in [5.41, 5.74) is 0.413. The molecule has 1 saturated heterocycles. The van der Waals surface area contributed by atoms with Crippen LogP contribution in [0.25, 0.3) is 11.3 Å². The number of hydrogen-bond donors (Lipinski definition) is 1. The minimum absolute atomic E-state index is 0.0242. The number of sulfonamides is 1. The van der Waals surface area contributed by atoms with Crippen LogP contribution in [0.4, 0.5) is 0 Å². The Morgan fingerprint density at radius 1 is 1.30 bits per heavy atom. The Labute approximate surface area is 133 Å². The lowest BCUT2D eigenvalue weighted by molar-refractivity contribution is -0.142. The topological polar surface area (TPSA) is 101 Å². The second kappa shape index (κ2) is 5.78. The molecular weight excluding hydrogens is 320 g/mol. The number of carbonyl (C=O) groups is 1. The smallest absolute Gasteiger partial charge is 0.308 e. The molecule has 2 aromatic rings. The molecule has 1 aliphatic rings. The number of nitrogens with zero attached hydrogens (tertiary/aromatic N) is 2. The van der Waals surface area contributed by atoms with Gasteiger partial charge < -0.3 is 9.63 Å². The van der Waals surface area contributed by atoms with Gasteiger partial charge >= 0.3 is 5.97 Å². The van der Waals surface area contributed by atoms with Gasteiger partial charge in [-0.25, -0.2) is 8.42 Å². The van der Waals surface area contributed by atoms with Gasteiger partial charge in [-0.1, -0.05) is 24.2 Å². The van der Waals surface area contributed by atoms with Crippen LogP contribution in [0.1, 0.15) is 6.92 Å². The number of carboxylic acid groups (broad SMARTS) is 1. The third kappa shape index (κ3) is 2.75. The first-order chi connectivity index (χ1) is 10.9. The van der Waals surface area contributed by atoms with E-state index < -0.39 is 21.9 Å². The second-order valence-electron chi connectivity index (χ2n) is 5.62. The summed E-state index contributed by atoms with van der Waals surface area (Å²) in [4.78, 5) is 11.3. The van der Waals surface area contributed by atoms with E-state index in [1.54, 1.807) is 31.2 Å². The Hall–Kier alpha value is -2.19. The number of aromatic nitrogens is 1. The maximum absolute atomic E-state index is 12.9. The predicted octanol–water partition coefficient (Wildman–Crippen LogP) is 1.68. The van der Waals surface area contributed by atoms with Crippen LogP contribution in [0.5, 0.6) is 0 Å². The van der Waals surface area contributed by atoms with E-state index in [-0.39, 0.29) is 23.9 Å².